The number of halogens is 1. The fourth-order valence-electron chi connectivity index (χ4n) is 1.03. The standard InChI is InChI=1S/C10H13BrO2S/c1-10(2,13-3)4-9(12)7-5-14-6-8(7)11/h5-6H,4H2,1-3H3. The largest absolute Gasteiger partial charge is 0.378 e. The van der Waals surface area contributed by atoms with Gasteiger partial charge in [-0.2, -0.15) is 11.3 Å². The van der Waals surface area contributed by atoms with Crippen molar-refractivity contribution in [2.75, 3.05) is 7.11 Å². The second-order valence-electron chi connectivity index (χ2n) is 3.70. The fourth-order valence-corrected chi connectivity index (χ4v) is 2.55. The van der Waals surface area contributed by atoms with Crippen LogP contribution in [0.2, 0.25) is 0 Å². The zero-order chi connectivity index (χ0) is 10.8. The normalized spacial score (nSPS) is 11.7. The molecule has 0 atom stereocenters. The summed E-state index contributed by atoms with van der Waals surface area (Å²) in [5.41, 5.74) is 0.360. The Morgan fingerprint density at radius 1 is 1.57 bits per heavy atom. The SMILES string of the molecule is COC(C)(C)CC(=O)c1cscc1Br. The van der Waals surface area contributed by atoms with Gasteiger partial charge in [0.25, 0.3) is 0 Å². The van der Waals surface area contributed by atoms with Crippen molar-refractivity contribution in [2.45, 2.75) is 25.9 Å². The molecule has 0 aliphatic rings. The molecular weight excluding hydrogens is 264 g/mol. The van der Waals surface area contributed by atoms with E-state index in [0.29, 0.717) is 6.42 Å². The van der Waals surface area contributed by atoms with Crippen molar-refractivity contribution in [3.63, 3.8) is 0 Å². The van der Waals surface area contributed by atoms with Crippen LogP contribution in [0.1, 0.15) is 30.6 Å². The van der Waals surface area contributed by atoms with Crippen LogP contribution >= 0.6 is 27.3 Å². The Hall–Kier alpha value is -0.190. The lowest BCUT2D eigenvalue weighted by Crippen LogP contribution is -2.26. The van der Waals surface area contributed by atoms with Crippen LogP contribution in [0, 0.1) is 0 Å². The summed E-state index contributed by atoms with van der Waals surface area (Å²) in [4.78, 5) is 11.8. The van der Waals surface area contributed by atoms with Crippen LogP contribution < -0.4 is 0 Å². The number of ketones is 1. The summed E-state index contributed by atoms with van der Waals surface area (Å²) in [7, 11) is 1.62. The molecule has 0 fully saturated rings. The van der Waals surface area contributed by atoms with Crippen LogP contribution in [0.25, 0.3) is 0 Å². The molecule has 0 radical (unpaired) electrons. The third-order valence-corrected chi connectivity index (χ3v) is 3.76. The number of ether oxygens (including phenoxy) is 1. The van der Waals surface area contributed by atoms with Gasteiger partial charge in [0.05, 0.1) is 5.60 Å². The molecule has 0 aliphatic carbocycles. The van der Waals surface area contributed by atoms with Gasteiger partial charge in [-0.05, 0) is 29.8 Å². The molecule has 2 nitrogen and oxygen atoms in total. The van der Waals surface area contributed by atoms with Crippen molar-refractivity contribution in [1.29, 1.82) is 0 Å². The van der Waals surface area contributed by atoms with Gasteiger partial charge >= 0.3 is 0 Å². The highest BCUT2D eigenvalue weighted by molar-refractivity contribution is 9.10. The minimum Gasteiger partial charge on any atom is -0.378 e. The summed E-state index contributed by atoms with van der Waals surface area (Å²) in [6, 6.07) is 0. The monoisotopic (exact) mass is 276 g/mol. The third-order valence-electron chi connectivity index (χ3n) is 2.05. The topological polar surface area (TPSA) is 26.3 Å². The van der Waals surface area contributed by atoms with Crippen molar-refractivity contribution in [3.8, 4) is 0 Å². The van der Waals surface area contributed by atoms with E-state index in [9.17, 15) is 4.79 Å². The molecule has 14 heavy (non-hydrogen) atoms. The summed E-state index contributed by atoms with van der Waals surface area (Å²) in [6.07, 6.45) is 0.402. The van der Waals surface area contributed by atoms with Crippen molar-refractivity contribution in [2.24, 2.45) is 0 Å². The molecule has 1 aromatic heterocycles. The minimum absolute atomic E-state index is 0.116. The average Bonchev–Trinajstić information content (AvgIpc) is 2.51. The Kier molecular flexibility index (Phi) is 3.86. The summed E-state index contributed by atoms with van der Waals surface area (Å²) in [6.45, 7) is 3.82. The van der Waals surface area contributed by atoms with Crippen molar-refractivity contribution < 1.29 is 9.53 Å². The maximum absolute atomic E-state index is 11.8. The Balaban J connectivity index is 2.73. The highest BCUT2D eigenvalue weighted by Crippen LogP contribution is 2.25. The van der Waals surface area contributed by atoms with Crippen LogP contribution in [0.15, 0.2) is 15.2 Å². The smallest absolute Gasteiger partial charge is 0.167 e. The first-order valence-electron chi connectivity index (χ1n) is 4.26. The molecule has 1 rings (SSSR count). The van der Waals surface area contributed by atoms with Gasteiger partial charge in [0.2, 0.25) is 0 Å². The molecule has 0 unspecified atom stereocenters. The van der Waals surface area contributed by atoms with Crippen LogP contribution in [0.3, 0.4) is 0 Å². The van der Waals surface area contributed by atoms with Crippen LogP contribution in [-0.2, 0) is 4.74 Å². The Morgan fingerprint density at radius 3 is 2.64 bits per heavy atom. The highest BCUT2D eigenvalue weighted by Gasteiger charge is 2.23. The predicted octanol–water partition coefficient (Wildman–Crippen LogP) is 3.51. The second-order valence-corrected chi connectivity index (χ2v) is 5.30. The molecule has 0 spiro atoms. The highest BCUT2D eigenvalue weighted by atomic mass is 79.9. The van der Waals surface area contributed by atoms with Gasteiger partial charge in [0.1, 0.15) is 0 Å². The summed E-state index contributed by atoms with van der Waals surface area (Å²) >= 11 is 4.86. The molecule has 0 amide bonds. The maximum Gasteiger partial charge on any atom is 0.167 e. The molecule has 0 aromatic carbocycles. The van der Waals surface area contributed by atoms with Crippen molar-refractivity contribution in [1.82, 2.24) is 0 Å². The lowest BCUT2D eigenvalue weighted by atomic mass is 9.99. The van der Waals surface area contributed by atoms with E-state index in [1.807, 2.05) is 24.6 Å². The molecule has 0 aliphatic heterocycles. The molecule has 0 N–H and O–H groups in total. The van der Waals surface area contributed by atoms with E-state index in [1.165, 1.54) is 11.3 Å². The quantitative estimate of drug-likeness (QED) is 0.787. The molecule has 1 aromatic rings. The number of thiophene rings is 1. The molecule has 1 heterocycles. The molecule has 0 bridgehead atoms. The van der Waals surface area contributed by atoms with Crippen LogP contribution in [-0.4, -0.2) is 18.5 Å². The van der Waals surface area contributed by atoms with Gasteiger partial charge in [-0.25, -0.2) is 0 Å². The second kappa shape index (κ2) is 4.55. The predicted molar refractivity (Wildman–Crippen MR) is 62.1 cm³/mol. The average molecular weight is 277 g/mol. The van der Waals surface area contributed by atoms with Gasteiger partial charge in [-0.15, -0.1) is 0 Å². The zero-order valence-corrected chi connectivity index (χ0v) is 10.9. The number of rotatable bonds is 4. The summed E-state index contributed by atoms with van der Waals surface area (Å²) in [5, 5.41) is 3.77. The van der Waals surface area contributed by atoms with Crippen LogP contribution in [0.5, 0.6) is 0 Å². The van der Waals surface area contributed by atoms with E-state index >= 15 is 0 Å². The number of Topliss-reactive ketones (excluding diaryl/α,β-unsaturated/α-hetero) is 1. The number of hydrogen-bond acceptors (Lipinski definition) is 3. The molecule has 0 saturated heterocycles. The van der Waals surface area contributed by atoms with E-state index < -0.39 is 5.60 Å². The summed E-state index contributed by atoms with van der Waals surface area (Å²) in [5.74, 6) is 0.116. The number of carbonyl (C=O) groups is 1. The van der Waals surface area contributed by atoms with E-state index in [-0.39, 0.29) is 5.78 Å². The maximum atomic E-state index is 11.8. The van der Waals surface area contributed by atoms with E-state index in [0.717, 1.165) is 10.0 Å². The lowest BCUT2D eigenvalue weighted by Gasteiger charge is -2.21. The van der Waals surface area contributed by atoms with Gasteiger partial charge in [-0.3, -0.25) is 4.79 Å². The molecular formula is C10H13BrO2S. The van der Waals surface area contributed by atoms with E-state index in [4.69, 9.17) is 4.74 Å². The Labute approximate surface area is 96.4 Å². The first kappa shape index (κ1) is 11.9. The Bertz CT molecular complexity index is 331. The Morgan fingerprint density at radius 2 is 2.21 bits per heavy atom. The summed E-state index contributed by atoms with van der Waals surface area (Å²) < 4.78 is 6.09. The molecule has 78 valence electrons. The van der Waals surface area contributed by atoms with Gasteiger partial charge in [0, 0.05) is 34.3 Å². The van der Waals surface area contributed by atoms with Crippen molar-refractivity contribution >= 4 is 33.0 Å². The van der Waals surface area contributed by atoms with Crippen LogP contribution in [0.4, 0.5) is 0 Å². The van der Waals surface area contributed by atoms with E-state index in [2.05, 4.69) is 15.9 Å². The zero-order valence-electron chi connectivity index (χ0n) is 8.46. The number of methoxy groups -OCH3 is 1. The van der Waals surface area contributed by atoms with Crippen molar-refractivity contribution in [3.05, 3.63) is 20.8 Å². The first-order chi connectivity index (χ1) is 6.46. The fraction of sp³-hybridized carbons (Fsp3) is 0.500. The van der Waals surface area contributed by atoms with Gasteiger partial charge in [0.15, 0.2) is 5.78 Å². The number of carbonyl (C=O) groups excluding carboxylic acids is 1. The van der Waals surface area contributed by atoms with E-state index in [1.54, 1.807) is 7.11 Å². The van der Waals surface area contributed by atoms with Gasteiger partial charge < -0.3 is 4.74 Å². The molecule has 4 heteroatoms. The van der Waals surface area contributed by atoms with Gasteiger partial charge in [-0.1, -0.05) is 0 Å². The minimum atomic E-state index is -0.390. The lowest BCUT2D eigenvalue weighted by molar-refractivity contribution is 0.0172. The molecule has 0 saturated carbocycles. The number of hydrogen-bond donors (Lipinski definition) is 0. The third kappa shape index (κ3) is 2.90. The first-order valence-corrected chi connectivity index (χ1v) is 6.00.